The molecule has 4 aliphatic rings. The van der Waals surface area contributed by atoms with E-state index in [9.17, 15) is 19.5 Å². The molecule has 2 aromatic carbocycles. The molecule has 0 saturated carbocycles. The van der Waals surface area contributed by atoms with Gasteiger partial charge in [-0.2, -0.15) is 0 Å². The van der Waals surface area contributed by atoms with Gasteiger partial charge in [-0.3, -0.25) is 19.2 Å². The lowest BCUT2D eigenvalue weighted by Gasteiger charge is -2.39. The van der Waals surface area contributed by atoms with Crippen LogP contribution in [0.2, 0.25) is 0 Å². The van der Waals surface area contributed by atoms with Crippen LogP contribution >= 0.6 is 15.9 Å². The minimum Gasteiger partial charge on any atom is -0.463 e. The second-order valence-corrected chi connectivity index (χ2v) is 14.4. The van der Waals surface area contributed by atoms with E-state index in [4.69, 9.17) is 9.47 Å². The maximum absolute atomic E-state index is 15.1. The number of hydrogen-bond donors (Lipinski definition) is 2. The van der Waals surface area contributed by atoms with Crippen molar-refractivity contribution in [1.29, 1.82) is 0 Å². The van der Waals surface area contributed by atoms with Gasteiger partial charge in [-0.15, -0.1) is 5.10 Å². The number of nitrogens with one attached hydrogen (secondary N) is 1. The van der Waals surface area contributed by atoms with Crippen molar-refractivity contribution in [2.75, 3.05) is 19.8 Å². The van der Waals surface area contributed by atoms with Gasteiger partial charge in [0.2, 0.25) is 11.8 Å². The Balaban J connectivity index is 1.34. The molecule has 3 aromatic rings. The Hall–Kier alpha value is -4.40. The van der Waals surface area contributed by atoms with Gasteiger partial charge in [0.15, 0.2) is 0 Å². The number of amides is 3. The standard InChI is InChI=1S/C36H39BrN6O7/c1-21(2)27(18-44)43-32-35(48)41(20-42-26-14-9-8-13-24(26)39-40-42)16-10-4-7-15-28(45)49-19-25(22-11-5-3-6-12-22)38-33(46)29-30(34(43)47)36(32)17-23(37)31(29)50-36/h3-6,8-14,17,21,25,27,29-32,44H,7,15-16,18-20H2,1-2H3,(H,38,46)/b10-4-/t25-,27-,29-,30+,31-,32-,36+/m0/s1. The summed E-state index contributed by atoms with van der Waals surface area (Å²) in [6, 6.07) is 13.9. The zero-order valence-electron chi connectivity index (χ0n) is 27.7. The Morgan fingerprint density at radius 3 is 2.56 bits per heavy atom. The molecule has 2 saturated heterocycles. The molecule has 4 aliphatic heterocycles. The number of carbonyl (C=O) groups is 4. The molecule has 50 heavy (non-hydrogen) atoms. The van der Waals surface area contributed by atoms with Gasteiger partial charge in [0.05, 0.1) is 36.0 Å². The maximum Gasteiger partial charge on any atom is 0.306 e. The third kappa shape index (κ3) is 5.82. The van der Waals surface area contributed by atoms with Crippen molar-refractivity contribution >= 4 is 50.7 Å². The number of fused-ring (bicyclic) bond motifs is 3. The van der Waals surface area contributed by atoms with Gasteiger partial charge in [-0.1, -0.05) is 89.6 Å². The van der Waals surface area contributed by atoms with Crippen LogP contribution in [-0.4, -0.2) is 97.1 Å². The zero-order valence-corrected chi connectivity index (χ0v) is 29.3. The minimum atomic E-state index is -1.50. The maximum atomic E-state index is 15.1. The molecular weight excluding hydrogens is 708 g/mol. The second-order valence-electron chi connectivity index (χ2n) is 13.5. The summed E-state index contributed by atoms with van der Waals surface area (Å²) in [5, 5.41) is 22.3. The second kappa shape index (κ2) is 13.7. The van der Waals surface area contributed by atoms with Gasteiger partial charge in [0.25, 0.3) is 5.91 Å². The number of esters is 1. The lowest BCUT2D eigenvalue weighted by Crippen LogP contribution is -2.59. The third-order valence-corrected chi connectivity index (χ3v) is 10.9. The summed E-state index contributed by atoms with van der Waals surface area (Å²) >= 11 is 3.61. The first kappa shape index (κ1) is 34.1. The van der Waals surface area contributed by atoms with Crippen molar-refractivity contribution in [2.24, 2.45) is 17.8 Å². The average Bonchev–Trinajstić information content (AvgIpc) is 3.83. The van der Waals surface area contributed by atoms with Crippen molar-refractivity contribution in [2.45, 2.75) is 63.2 Å². The van der Waals surface area contributed by atoms with Crippen LogP contribution in [0.4, 0.5) is 0 Å². The van der Waals surface area contributed by atoms with Crippen LogP contribution in [0, 0.1) is 17.8 Å². The minimum absolute atomic E-state index is 0.00649. The van der Waals surface area contributed by atoms with E-state index < -0.39 is 72.0 Å². The highest BCUT2D eigenvalue weighted by Crippen LogP contribution is 2.59. The Morgan fingerprint density at radius 2 is 1.80 bits per heavy atom. The van der Waals surface area contributed by atoms with E-state index in [0.29, 0.717) is 21.9 Å². The number of aliphatic hydroxyl groups excluding tert-OH is 1. The summed E-state index contributed by atoms with van der Waals surface area (Å²) in [6.07, 6.45) is 4.99. The van der Waals surface area contributed by atoms with Crippen molar-refractivity contribution in [1.82, 2.24) is 30.1 Å². The number of likely N-dealkylation sites (tertiary alicyclic amines) is 1. The summed E-state index contributed by atoms with van der Waals surface area (Å²) in [6.45, 7) is 3.36. The van der Waals surface area contributed by atoms with E-state index in [1.807, 2.05) is 74.5 Å². The van der Waals surface area contributed by atoms with E-state index in [-0.39, 0.29) is 32.2 Å². The van der Waals surface area contributed by atoms with Crippen LogP contribution in [0.5, 0.6) is 0 Å². The van der Waals surface area contributed by atoms with E-state index in [1.54, 1.807) is 21.7 Å². The Morgan fingerprint density at radius 1 is 1.04 bits per heavy atom. The molecule has 0 radical (unpaired) electrons. The number of carbonyl (C=O) groups excluding carboxylic acids is 4. The Kier molecular flexibility index (Phi) is 9.35. The van der Waals surface area contributed by atoms with E-state index in [0.717, 1.165) is 5.56 Å². The smallest absolute Gasteiger partial charge is 0.306 e. The number of cyclic esters (lactones) is 1. The molecule has 0 unspecified atom stereocenters. The highest BCUT2D eigenvalue weighted by atomic mass is 79.9. The molecule has 2 N–H and O–H groups in total. The molecule has 7 rings (SSSR count). The number of nitrogens with zero attached hydrogens (tertiary/aromatic N) is 5. The fourth-order valence-corrected chi connectivity index (χ4v) is 8.47. The Labute approximate surface area is 297 Å². The number of aromatic nitrogens is 3. The fourth-order valence-electron chi connectivity index (χ4n) is 7.73. The molecule has 5 heterocycles. The number of aliphatic hydroxyl groups is 1. The van der Waals surface area contributed by atoms with Crippen molar-refractivity contribution in [3.8, 4) is 0 Å². The number of halogens is 1. The van der Waals surface area contributed by atoms with Crippen molar-refractivity contribution in [3.63, 3.8) is 0 Å². The SMILES string of the molecule is CC(C)[C@H](CO)N1C(=O)[C@H]2[C@@H]3C(=O)N[C@H](c4ccccc4)COC(=O)CC/C=C\CN(Cn4nnc5ccccc54)C(=O)[C@H]1[C@@]21C=C(Br)[C@@H]3O1. The highest BCUT2D eigenvalue weighted by molar-refractivity contribution is 9.11. The van der Waals surface area contributed by atoms with Crippen LogP contribution in [0.3, 0.4) is 0 Å². The first-order valence-corrected chi connectivity index (χ1v) is 17.7. The number of para-hydroxylation sites is 1. The molecule has 0 aliphatic carbocycles. The summed E-state index contributed by atoms with van der Waals surface area (Å²) in [4.78, 5) is 60.1. The molecular formula is C36H39BrN6O7. The van der Waals surface area contributed by atoms with Gasteiger partial charge in [-0.25, -0.2) is 4.68 Å². The van der Waals surface area contributed by atoms with E-state index in [1.165, 1.54) is 4.90 Å². The van der Waals surface area contributed by atoms with Crippen molar-refractivity contribution in [3.05, 3.63) is 82.9 Å². The first-order valence-electron chi connectivity index (χ1n) is 16.9. The average molecular weight is 748 g/mol. The van der Waals surface area contributed by atoms with Gasteiger partial charge < -0.3 is 29.7 Å². The van der Waals surface area contributed by atoms with Crippen molar-refractivity contribution < 1.29 is 33.8 Å². The van der Waals surface area contributed by atoms with Crippen LogP contribution < -0.4 is 5.32 Å². The van der Waals surface area contributed by atoms with Crippen LogP contribution in [0.25, 0.3) is 11.0 Å². The number of ether oxygens (including phenoxy) is 2. The fraction of sp³-hybridized carbons (Fsp3) is 0.444. The van der Waals surface area contributed by atoms with E-state index >= 15 is 4.79 Å². The van der Waals surface area contributed by atoms with Gasteiger partial charge in [0.1, 0.15) is 36.5 Å². The summed E-state index contributed by atoms with van der Waals surface area (Å²) < 4.78 is 14.5. The van der Waals surface area contributed by atoms with Crippen LogP contribution in [0.1, 0.15) is 38.3 Å². The molecule has 1 aromatic heterocycles. The monoisotopic (exact) mass is 746 g/mol. The largest absolute Gasteiger partial charge is 0.463 e. The molecule has 14 heteroatoms. The van der Waals surface area contributed by atoms with Crippen LogP contribution in [0.15, 0.2) is 77.3 Å². The topological polar surface area (TPSA) is 156 Å². The molecule has 7 atom stereocenters. The predicted octanol–water partition coefficient (Wildman–Crippen LogP) is 2.86. The molecule has 5 bridgehead atoms. The Bertz CT molecular complexity index is 1860. The predicted molar refractivity (Wildman–Crippen MR) is 184 cm³/mol. The summed E-state index contributed by atoms with van der Waals surface area (Å²) in [5.41, 5.74) is 0.593. The van der Waals surface area contributed by atoms with Gasteiger partial charge in [0, 0.05) is 17.4 Å². The van der Waals surface area contributed by atoms with Crippen LogP contribution in [-0.2, 0) is 35.3 Å². The number of rotatable bonds is 6. The normalized spacial score (nSPS) is 30.0. The third-order valence-electron chi connectivity index (χ3n) is 10.2. The summed E-state index contributed by atoms with van der Waals surface area (Å²) in [5.74, 6) is -4.09. The highest BCUT2D eigenvalue weighted by Gasteiger charge is 2.75. The molecule has 262 valence electrons. The van der Waals surface area contributed by atoms with Gasteiger partial charge >= 0.3 is 5.97 Å². The quantitative estimate of drug-likeness (QED) is 0.286. The molecule has 13 nitrogen and oxygen atoms in total. The summed E-state index contributed by atoms with van der Waals surface area (Å²) in [7, 11) is 0. The lowest BCUT2D eigenvalue weighted by atomic mass is 9.74. The number of hydrogen-bond acceptors (Lipinski definition) is 9. The van der Waals surface area contributed by atoms with E-state index in [2.05, 4.69) is 31.6 Å². The first-order chi connectivity index (χ1) is 24.1. The molecule has 1 spiro atoms. The number of benzene rings is 2. The zero-order chi connectivity index (χ0) is 35.2. The molecule has 2 fully saturated rings. The molecule has 3 amide bonds. The number of allylic oxidation sites excluding steroid dienone is 1. The van der Waals surface area contributed by atoms with Gasteiger partial charge in [-0.05, 0) is 36.1 Å². The lowest BCUT2D eigenvalue weighted by molar-refractivity contribution is -0.152.